The highest BCUT2D eigenvalue weighted by Gasteiger charge is 2.32. The Hall–Kier alpha value is -0.570. The number of rotatable bonds is 2. The first-order valence-corrected chi connectivity index (χ1v) is 4.99. The first kappa shape index (κ1) is 10.5. The van der Waals surface area contributed by atoms with Crippen LogP contribution in [0.15, 0.2) is 0 Å². The first-order chi connectivity index (χ1) is 6.15. The minimum Gasteiger partial charge on any atom is -0.466 e. The highest BCUT2D eigenvalue weighted by molar-refractivity contribution is 5.72. The fraction of sp³-hybridized carbons (Fsp3) is 0.900. The number of aliphatic hydroxyl groups excluding tert-OH is 1. The summed E-state index contributed by atoms with van der Waals surface area (Å²) in [7, 11) is 0. The van der Waals surface area contributed by atoms with Crippen LogP contribution in [0, 0.1) is 11.8 Å². The normalized spacial score (nSPS) is 34.2. The van der Waals surface area contributed by atoms with Crippen molar-refractivity contribution in [3.05, 3.63) is 0 Å². The van der Waals surface area contributed by atoms with Crippen LogP contribution >= 0.6 is 0 Å². The summed E-state index contributed by atoms with van der Waals surface area (Å²) < 4.78 is 4.97. The summed E-state index contributed by atoms with van der Waals surface area (Å²) in [5.74, 6) is 0.160. The maximum Gasteiger partial charge on any atom is 0.309 e. The molecular formula is C10H18O3. The third-order valence-corrected chi connectivity index (χ3v) is 2.73. The predicted octanol–water partition coefficient (Wildman–Crippen LogP) is 1.35. The average molecular weight is 186 g/mol. The van der Waals surface area contributed by atoms with Crippen LogP contribution in [-0.2, 0) is 9.53 Å². The lowest BCUT2D eigenvalue weighted by Crippen LogP contribution is -2.32. The van der Waals surface area contributed by atoms with Crippen molar-refractivity contribution in [2.75, 3.05) is 6.61 Å². The second-order valence-electron chi connectivity index (χ2n) is 3.80. The molecule has 0 amide bonds. The maximum atomic E-state index is 11.4. The fourth-order valence-corrected chi connectivity index (χ4v) is 1.97. The van der Waals surface area contributed by atoms with E-state index in [0.29, 0.717) is 6.61 Å². The van der Waals surface area contributed by atoms with E-state index in [1.165, 1.54) is 0 Å². The molecule has 76 valence electrons. The summed E-state index contributed by atoms with van der Waals surface area (Å²) in [4.78, 5) is 11.4. The van der Waals surface area contributed by atoms with E-state index in [-0.39, 0.29) is 23.9 Å². The number of hydrogen-bond acceptors (Lipinski definition) is 3. The molecule has 1 aliphatic carbocycles. The second kappa shape index (κ2) is 4.61. The van der Waals surface area contributed by atoms with E-state index in [9.17, 15) is 9.90 Å². The van der Waals surface area contributed by atoms with Gasteiger partial charge in [-0.3, -0.25) is 4.79 Å². The average Bonchev–Trinajstić information content (AvgIpc) is 2.04. The number of carbonyl (C=O) groups excluding carboxylic acids is 1. The Morgan fingerprint density at radius 2 is 2.23 bits per heavy atom. The van der Waals surface area contributed by atoms with Crippen LogP contribution in [0.2, 0.25) is 0 Å². The monoisotopic (exact) mass is 186 g/mol. The maximum absolute atomic E-state index is 11.4. The highest BCUT2D eigenvalue weighted by atomic mass is 16.5. The summed E-state index contributed by atoms with van der Waals surface area (Å²) in [5, 5.41) is 9.36. The lowest BCUT2D eigenvalue weighted by Gasteiger charge is -2.29. The van der Waals surface area contributed by atoms with E-state index in [2.05, 4.69) is 0 Å². The molecule has 3 heteroatoms. The SMILES string of the molecule is CCOC(=O)C1CCC(O)CC1C. The van der Waals surface area contributed by atoms with Gasteiger partial charge in [0.25, 0.3) is 0 Å². The van der Waals surface area contributed by atoms with Gasteiger partial charge in [0.05, 0.1) is 18.6 Å². The molecule has 13 heavy (non-hydrogen) atoms. The standard InChI is InChI=1S/C10H18O3/c1-3-13-10(12)9-5-4-8(11)6-7(9)2/h7-9,11H,3-6H2,1-2H3. The van der Waals surface area contributed by atoms with Gasteiger partial charge in [-0.25, -0.2) is 0 Å². The summed E-state index contributed by atoms with van der Waals surface area (Å²) in [6.45, 7) is 4.27. The smallest absolute Gasteiger partial charge is 0.309 e. The second-order valence-corrected chi connectivity index (χ2v) is 3.80. The van der Waals surface area contributed by atoms with Crippen LogP contribution in [0.4, 0.5) is 0 Å². The summed E-state index contributed by atoms with van der Waals surface area (Å²) in [5.41, 5.74) is 0. The van der Waals surface area contributed by atoms with Crippen molar-refractivity contribution in [1.29, 1.82) is 0 Å². The molecule has 0 radical (unpaired) electrons. The van der Waals surface area contributed by atoms with Gasteiger partial charge in [-0.05, 0) is 32.1 Å². The predicted molar refractivity (Wildman–Crippen MR) is 49.1 cm³/mol. The zero-order valence-electron chi connectivity index (χ0n) is 8.32. The van der Waals surface area contributed by atoms with Gasteiger partial charge in [-0.1, -0.05) is 6.92 Å². The molecule has 0 aliphatic heterocycles. The molecule has 0 aromatic carbocycles. The largest absolute Gasteiger partial charge is 0.466 e. The number of hydrogen-bond donors (Lipinski definition) is 1. The molecule has 1 rings (SSSR count). The third-order valence-electron chi connectivity index (χ3n) is 2.73. The van der Waals surface area contributed by atoms with Gasteiger partial charge in [0.1, 0.15) is 0 Å². The third kappa shape index (κ3) is 2.69. The van der Waals surface area contributed by atoms with Gasteiger partial charge < -0.3 is 9.84 Å². The van der Waals surface area contributed by atoms with Crippen LogP contribution in [0.5, 0.6) is 0 Å². The molecule has 1 N–H and O–H groups in total. The molecule has 3 nitrogen and oxygen atoms in total. The minimum absolute atomic E-state index is 0.00310. The first-order valence-electron chi connectivity index (χ1n) is 4.99. The molecule has 3 atom stereocenters. The topological polar surface area (TPSA) is 46.5 Å². The van der Waals surface area contributed by atoms with Crippen LogP contribution in [0.1, 0.15) is 33.1 Å². The van der Waals surface area contributed by atoms with E-state index in [4.69, 9.17) is 4.74 Å². The van der Waals surface area contributed by atoms with E-state index < -0.39 is 0 Å². The van der Waals surface area contributed by atoms with Crippen molar-refractivity contribution in [3.63, 3.8) is 0 Å². The zero-order valence-corrected chi connectivity index (χ0v) is 8.32. The molecule has 0 bridgehead atoms. The van der Waals surface area contributed by atoms with E-state index in [0.717, 1.165) is 19.3 Å². The van der Waals surface area contributed by atoms with Gasteiger partial charge in [0.2, 0.25) is 0 Å². The van der Waals surface area contributed by atoms with Crippen molar-refractivity contribution in [2.45, 2.75) is 39.2 Å². The van der Waals surface area contributed by atoms with Crippen LogP contribution in [-0.4, -0.2) is 23.8 Å². The van der Waals surface area contributed by atoms with Crippen molar-refractivity contribution in [2.24, 2.45) is 11.8 Å². The molecule has 3 unspecified atom stereocenters. The Morgan fingerprint density at radius 1 is 1.54 bits per heavy atom. The molecule has 0 aromatic heterocycles. The number of ether oxygens (including phenoxy) is 1. The Kier molecular flexibility index (Phi) is 3.72. The lowest BCUT2D eigenvalue weighted by molar-refractivity contribution is -0.152. The van der Waals surface area contributed by atoms with Gasteiger partial charge in [0, 0.05) is 0 Å². The Balaban J connectivity index is 2.45. The molecule has 0 spiro atoms. The van der Waals surface area contributed by atoms with E-state index >= 15 is 0 Å². The van der Waals surface area contributed by atoms with E-state index in [1.807, 2.05) is 13.8 Å². The molecule has 1 saturated carbocycles. The van der Waals surface area contributed by atoms with Crippen LogP contribution in [0.25, 0.3) is 0 Å². The van der Waals surface area contributed by atoms with Crippen LogP contribution in [0.3, 0.4) is 0 Å². The molecule has 0 aromatic rings. The Morgan fingerprint density at radius 3 is 2.77 bits per heavy atom. The summed E-state index contributed by atoms with van der Waals surface area (Å²) in [6, 6.07) is 0. The van der Waals surface area contributed by atoms with Crippen molar-refractivity contribution in [1.82, 2.24) is 0 Å². The van der Waals surface area contributed by atoms with Gasteiger partial charge in [-0.15, -0.1) is 0 Å². The molecular weight excluding hydrogens is 168 g/mol. The number of aliphatic hydroxyl groups is 1. The number of carbonyl (C=O) groups is 1. The van der Waals surface area contributed by atoms with E-state index in [1.54, 1.807) is 0 Å². The minimum atomic E-state index is -0.222. The Bertz CT molecular complexity index is 179. The lowest BCUT2D eigenvalue weighted by atomic mass is 9.79. The number of esters is 1. The summed E-state index contributed by atoms with van der Waals surface area (Å²) in [6.07, 6.45) is 2.00. The Labute approximate surface area is 79.1 Å². The summed E-state index contributed by atoms with van der Waals surface area (Å²) >= 11 is 0. The molecule has 0 heterocycles. The highest BCUT2D eigenvalue weighted by Crippen LogP contribution is 2.30. The van der Waals surface area contributed by atoms with Gasteiger partial charge in [-0.2, -0.15) is 0 Å². The molecule has 1 aliphatic rings. The van der Waals surface area contributed by atoms with Crippen molar-refractivity contribution >= 4 is 5.97 Å². The van der Waals surface area contributed by atoms with Crippen molar-refractivity contribution < 1.29 is 14.6 Å². The quantitative estimate of drug-likeness (QED) is 0.662. The van der Waals surface area contributed by atoms with Crippen LogP contribution < -0.4 is 0 Å². The van der Waals surface area contributed by atoms with Gasteiger partial charge in [0.15, 0.2) is 0 Å². The van der Waals surface area contributed by atoms with Crippen molar-refractivity contribution in [3.8, 4) is 0 Å². The molecule has 0 saturated heterocycles. The fourth-order valence-electron chi connectivity index (χ4n) is 1.97. The van der Waals surface area contributed by atoms with Gasteiger partial charge >= 0.3 is 5.97 Å². The molecule has 1 fully saturated rings. The zero-order chi connectivity index (χ0) is 9.84.